The number of rotatable bonds is 1. The number of hydrogen-bond acceptors (Lipinski definition) is 3. The maximum absolute atomic E-state index is 11.3. The normalized spacial score (nSPS) is 51.0. The monoisotopic (exact) mass is 305 g/mol. The van der Waals surface area contributed by atoms with Gasteiger partial charge in [-0.25, -0.2) is 0 Å². The van der Waals surface area contributed by atoms with Crippen LogP contribution in [0.2, 0.25) is 0 Å². The molecule has 7 atom stereocenters. The molecule has 0 heterocycles. The van der Waals surface area contributed by atoms with Crippen LogP contribution < -0.4 is 0 Å². The lowest BCUT2D eigenvalue weighted by Gasteiger charge is -2.50. The summed E-state index contributed by atoms with van der Waals surface area (Å²) in [5.74, 6) is 3.23. The molecule has 0 radical (unpaired) electrons. The topological polar surface area (TPSA) is 46.5 Å². The Kier molecular flexibility index (Phi) is 3.50. The van der Waals surface area contributed by atoms with E-state index >= 15 is 0 Å². The lowest BCUT2D eigenvalue weighted by atomic mass is 9.56. The first kappa shape index (κ1) is 13.6. The highest BCUT2D eigenvalue weighted by Crippen LogP contribution is 2.57. The van der Waals surface area contributed by atoms with Gasteiger partial charge < -0.3 is 9.84 Å². The van der Waals surface area contributed by atoms with Gasteiger partial charge in [0.1, 0.15) is 6.10 Å². The molecule has 3 fully saturated rings. The largest absolute Gasteiger partial charge is 0.462 e. The van der Waals surface area contributed by atoms with E-state index in [1.54, 1.807) is 0 Å². The molecule has 0 bridgehead atoms. The Morgan fingerprint density at radius 3 is 2.64 bits per heavy atom. The van der Waals surface area contributed by atoms with Crippen molar-refractivity contribution >= 4 is 5.97 Å². The summed E-state index contributed by atoms with van der Waals surface area (Å²) in [6.07, 6.45) is 9.11. The Labute approximate surface area is 134 Å². The summed E-state index contributed by atoms with van der Waals surface area (Å²) >= 11 is 0. The lowest BCUT2D eigenvalue weighted by Crippen LogP contribution is -2.43. The van der Waals surface area contributed by atoms with Gasteiger partial charge in [-0.15, -0.1) is 0 Å². The zero-order chi connectivity index (χ0) is 16.2. The van der Waals surface area contributed by atoms with E-state index in [-0.39, 0.29) is 12.1 Å². The van der Waals surface area contributed by atoms with Crippen LogP contribution in [0.25, 0.3) is 0 Å². The minimum atomic E-state index is -1.33. The highest BCUT2D eigenvalue weighted by Gasteiger charge is 2.51. The Bertz CT molecular complexity index is 527. The molecule has 3 heteroatoms. The predicted octanol–water partition coefficient (Wildman–Crippen LogP) is 3.46. The number of ether oxygens (including phenoxy) is 1. The van der Waals surface area contributed by atoms with Crippen LogP contribution in [0, 0.1) is 29.6 Å². The third kappa shape index (κ3) is 2.42. The third-order valence-electron chi connectivity index (χ3n) is 6.89. The van der Waals surface area contributed by atoms with Crippen LogP contribution in [0.1, 0.15) is 59.7 Å². The summed E-state index contributed by atoms with van der Waals surface area (Å²) in [4.78, 5) is 11.3. The fourth-order valence-corrected chi connectivity index (χ4v) is 6.16. The van der Waals surface area contributed by atoms with Crippen LogP contribution in [-0.2, 0) is 9.53 Å². The smallest absolute Gasteiger partial charge is 0.302 e. The molecule has 3 saturated carbocycles. The minimum Gasteiger partial charge on any atom is -0.462 e. The minimum absolute atomic E-state index is 0.131. The molecule has 122 valence electrons. The molecule has 4 aliphatic carbocycles. The van der Waals surface area contributed by atoms with Crippen molar-refractivity contribution in [1.29, 1.82) is 0 Å². The number of carbonyl (C=O) groups excluding carboxylic acids is 1. The number of allylic oxidation sites excluding steroid dienone is 1. The van der Waals surface area contributed by atoms with Gasteiger partial charge in [-0.05, 0) is 81.0 Å². The van der Waals surface area contributed by atoms with E-state index in [0.717, 1.165) is 37.0 Å². The van der Waals surface area contributed by atoms with Crippen molar-refractivity contribution in [2.45, 2.75) is 70.5 Å². The van der Waals surface area contributed by atoms with Gasteiger partial charge in [0.2, 0.25) is 0 Å². The van der Waals surface area contributed by atoms with E-state index in [1.807, 2.05) is 6.08 Å². The van der Waals surface area contributed by atoms with Crippen molar-refractivity contribution in [3.63, 3.8) is 0 Å². The predicted molar refractivity (Wildman–Crippen MR) is 84.0 cm³/mol. The fraction of sp³-hybridized carbons (Fsp3) is 0.842. The zero-order valence-corrected chi connectivity index (χ0v) is 13.5. The molecule has 0 amide bonds. The van der Waals surface area contributed by atoms with Crippen molar-refractivity contribution in [3.05, 3.63) is 11.6 Å². The van der Waals surface area contributed by atoms with Crippen molar-refractivity contribution in [2.75, 3.05) is 0 Å². The Hall–Kier alpha value is -0.830. The van der Waals surface area contributed by atoms with Crippen molar-refractivity contribution in [2.24, 2.45) is 29.6 Å². The van der Waals surface area contributed by atoms with Gasteiger partial charge in [-0.1, -0.05) is 11.6 Å². The zero-order valence-electron chi connectivity index (χ0n) is 14.5. The van der Waals surface area contributed by atoms with Crippen molar-refractivity contribution in [3.8, 4) is 0 Å². The van der Waals surface area contributed by atoms with Crippen LogP contribution >= 0.6 is 0 Å². The number of carbonyl (C=O) groups is 1. The maximum atomic E-state index is 11.3. The van der Waals surface area contributed by atoms with Gasteiger partial charge in [0.25, 0.3) is 0 Å². The molecule has 0 spiro atoms. The van der Waals surface area contributed by atoms with Crippen LogP contribution in [0.15, 0.2) is 11.6 Å². The van der Waals surface area contributed by atoms with Crippen LogP contribution in [0.3, 0.4) is 0 Å². The van der Waals surface area contributed by atoms with Gasteiger partial charge in [0.05, 0.1) is 7.45 Å². The second-order valence-corrected chi connectivity index (χ2v) is 7.85. The molecule has 22 heavy (non-hydrogen) atoms. The number of esters is 1. The van der Waals surface area contributed by atoms with Crippen LogP contribution in [0.5, 0.6) is 0 Å². The third-order valence-corrected chi connectivity index (χ3v) is 6.89. The standard InChI is InChI=1S/C19H28O3/c1-11(20)22-19-9-8-17-16-4-2-12-10-13(21)3-5-14(12)15(16)6-7-18(17)19/h10,13-19,21H,2-9H2,1H3/i13D. The Morgan fingerprint density at radius 1 is 1.09 bits per heavy atom. The molecule has 7 unspecified atom stereocenters. The fourth-order valence-electron chi connectivity index (χ4n) is 6.16. The molecular weight excluding hydrogens is 276 g/mol. The second-order valence-electron chi connectivity index (χ2n) is 7.85. The average Bonchev–Trinajstić information content (AvgIpc) is 2.88. The van der Waals surface area contributed by atoms with Gasteiger partial charge >= 0.3 is 5.97 Å². The first-order valence-corrected chi connectivity index (χ1v) is 9.06. The van der Waals surface area contributed by atoms with Gasteiger partial charge in [0.15, 0.2) is 0 Å². The highest BCUT2D eigenvalue weighted by molar-refractivity contribution is 5.66. The molecule has 4 rings (SSSR count). The summed E-state index contributed by atoms with van der Waals surface area (Å²) in [6.45, 7) is 1.53. The molecule has 1 N–H and O–H groups in total. The summed E-state index contributed by atoms with van der Waals surface area (Å²) in [5.41, 5.74) is 1.35. The summed E-state index contributed by atoms with van der Waals surface area (Å²) < 4.78 is 13.5. The van der Waals surface area contributed by atoms with E-state index in [1.165, 1.54) is 38.2 Å². The quantitative estimate of drug-likeness (QED) is 0.596. The molecule has 4 aliphatic rings. The molecule has 0 aromatic rings. The maximum Gasteiger partial charge on any atom is 0.302 e. The average molecular weight is 305 g/mol. The van der Waals surface area contributed by atoms with Crippen LogP contribution in [0.4, 0.5) is 0 Å². The number of hydrogen-bond donors (Lipinski definition) is 1. The summed E-state index contributed by atoms with van der Waals surface area (Å²) in [6, 6.07) is 0. The molecule has 0 aromatic carbocycles. The number of fused-ring (bicyclic) bond motifs is 5. The van der Waals surface area contributed by atoms with Crippen molar-refractivity contribution in [1.82, 2.24) is 0 Å². The molecule has 0 aliphatic heterocycles. The SMILES string of the molecule is [2H]C1(O)C=C2CCC3C(CCC4C(OC(C)=O)CCC43)C2CC1. The first-order valence-electron chi connectivity index (χ1n) is 9.56. The van der Waals surface area contributed by atoms with Gasteiger partial charge in [-0.2, -0.15) is 0 Å². The van der Waals surface area contributed by atoms with E-state index < -0.39 is 6.08 Å². The van der Waals surface area contributed by atoms with E-state index in [4.69, 9.17) is 6.11 Å². The van der Waals surface area contributed by atoms with Gasteiger partial charge in [0, 0.05) is 6.92 Å². The van der Waals surface area contributed by atoms with E-state index in [9.17, 15) is 9.90 Å². The number of aliphatic hydroxyl groups is 1. The molecule has 0 saturated heterocycles. The Morgan fingerprint density at radius 2 is 1.82 bits per heavy atom. The molecule has 0 aromatic heterocycles. The second kappa shape index (κ2) is 5.67. The van der Waals surface area contributed by atoms with E-state index in [0.29, 0.717) is 18.3 Å². The first-order chi connectivity index (χ1) is 10.9. The Balaban J connectivity index is 1.51. The summed E-state index contributed by atoms with van der Waals surface area (Å²) in [7, 11) is 0. The summed E-state index contributed by atoms with van der Waals surface area (Å²) in [5, 5.41) is 10.0. The van der Waals surface area contributed by atoms with Gasteiger partial charge in [-0.3, -0.25) is 4.79 Å². The lowest BCUT2D eigenvalue weighted by molar-refractivity contribution is -0.149. The highest BCUT2D eigenvalue weighted by atomic mass is 16.5. The molecular formula is C19H28O3. The van der Waals surface area contributed by atoms with Crippen LogP contribution in [-0.4, -0.2) is 23.3 Å². The van der Waals surface area contributed by atoms with Crippen molar-refractivity contribution < 1.29 is 16.0 Å². The van der Waals surface area contributed by atoms with E-state index in [2.05, 4.69) is 0 Å². The molecule has 3 nitrogen and oxygen atoms in total.